The molecule has 0 atom stereocenters. The molecule has 1 heterocycles. The molecule has 4 heteroatoms. The lowest BCUT2D eigenvalue weighted by Gasteiger charge is -2.21. The average molecular weight is 325 g/mol. The van der Waals surface area contributed by atoms with Crippen LogP contribution in [0.15, 0.2) is 28.1 Å². The number of rotatable bonds is 3. The first kappa shape index (κ1) is 13.4. The molecule has 2 aromatic rings. The lowest BCUT2D eigenvalue weighted by atomic mass is 10.1. The molecule has 0 saturated heterocycles. The highest BCUT2D eigenvalue weighted by Crippen LogP contribution is 2.29. The minimum absolute atomic E-state index is 0.844. The van der Waals surface area contributed by atoms with E-state index in [4.69, 9.17) is 5.73 Å². The number of hydrogen-bond donors (Lipinski definition) is 1. The average Bonchev–Trinajstić information content (AvgIpc) is 2.69. The molecule has 96 valence electrons. The molecule has 0 aliphatic heterocycles. The minimum Gasteiger partial charge on any atom is -0.397 e. The van der Waals surface area contributed by atoms with E-state index in [-0.39, 0.29) is 0 Å². The highest BCUT2D eigenvalue weighted by atomic mass is 79.9. The van der Waals surface area contributed by atoms with E-state index in [0.717, 1.165) is 17.9 Å². The first-order valence-corrected chi connectivity index (χ1v) is 7.40. The summed E-state index contributed by atoms with van der Waals surface area (Å²) in [7, 11) is 2.08. The van der Waals surface area contributed by atoms with E-state index in [0.29, 0.717) is 0 Å². The van der Waals surface area contributed by atoms with Crippen molar-refractivity contribution in [3.8, 4) is 0 Å². The lowest BCUT2D eigenvalue weighted by molar-refractivity contribution is 0.940. The van der Waals surface area contributed by atoms with E-state index in [1.165, 1.54) is 19.8 Å². The zero-order chi connectivity index (χ0) is 13.3. The Kier molecular flexibility index (Phi) is 3.97. The fraction of sp³-hybridized carbons (Fsp3) is 0.286. The number of nitrogens with two attached hydrogens (primary N) is 1. The van der Waals surface area contributed by atoms with Gasteiger partial charge in [-0.3, -0.25) is 0 Å². The molecule has 18 heavy (non-hydrogen) atoms. The van der Waals surface area contributed by atoms with Crippen LogP contribution >= 0.6 is 27.3 Å². The normalized spacial score (nSPS) is 10.7. The number of nitrogen functional groups attached to an aromatic ring is 1. The number of anilines is 2. The second-order valence-electron chi connectivity index (χ2n) is 4.56. The van der Waals surface area contributed by atoms with Crippen LogP contribution in [0.4, 0.5) is 11.4 Å². The van der Waals surface area contributed by atoms with Gasteiger partial charge in [-0.25, -0.2) is 0 Å². The smallest absolute Gasteiger partial charge is 0.0702 e. The Balaban J connectivity index is 2.23. The van der Waals surface area contributed by atoms with Crippen LogP contribution in [-0.4, -0.2) is 7.05 Å². The van der Waals surface area contributed by atoms with E-state index in [1.54, 1.807) is 11.3 Å². The van der Waals surface area contributed by atoms with E-state index in [1.807, 2.05) is 6.07 Å². The van der Waals surface area contributed by atoms with E-state index in [2.05, 4.69) is 59.9 Å². The highest BCUT2D eigenvalue weighted by molar-refractivity contribution is 9.11. The second-order valence-corrected chi connectivity index (χ2v) is 7.10. The Morgan fingerprint density at radius 2 is 1.89 bits per heavy atom. The Bertz CT molecular complexity index is 563. The van der Waals surface area contributed by atoms with E-state index >= 15 is 0 Å². The summed E-state index contributed by atoms with van der Waals surface area (Å²) in [5, 5.41) is 0. The SMILES string of the molecule is Cc1cc(N)c(N(C)Cc2ccc(Br)s2)cc1C. The third kappa shape index (κ3) is 2.87. The quantitative estimate of drug-likeness (QED) is 0.850. The van der Waals surface area contributed by atoms with Gasteiger partial charge in [-0.15, -0.1) is 11.3 Å². The molecule has 0 amide bonds. The molecule has 0 fully saturated rings. The Morgan fingerprint density at radius 3 is 2.50 bits per heavy atom. The van der Waals surface area contributed by atoms with Gasteiger partial charge < -0.3 is 10.6 Å². The monoisotopic (exact) mass is 324 g/mol. The van der Waals surface area contributed by atoms with Gasteiger partial charge in [0.2, 0.25) is 0 Å². The Labute approximate surface area is 121 Å². The summed E-state index contributed by atoms with van der Waals surface area (Å²) in [4.78, 5) is 3.52. The van der Waals surface area contributed by atoms with Crippen molar-refractivity contribution in [2.45, 2.75) is 20.4 Å². The fourth-order valence-electron chi connectivity index (χ4n) is 1.91. The van der Waals surface area contributed by atoms with Crippen molar-refractivity contribution in [3.63, 3.8) is 0 Å². The van der Waals surface area contributed by atoms with Gasteiger partial charge in [0.05, 0.1) is 21.7 Å². The van der Waals surface area contributed by atoms with Crippen LogP contribution in [0.2, 0.25) is 0 Å². The highest BCUT2D eigenvalue weighted by Gasteiger charge is 2.09. The summed E-state index contributed by atoms with van der Waals surface area (Å²) in [6, 6.07) is 8.43. The van der Waals surface area contributed by atoms with Crippen LogP contribution in [0, 0.1) is 13.8 Å². The summed E-state index contributed by atoms with van der Waals surface area (Å²) < 4.78 is 1.17. The van der Waals surface area contributed by atoms with Crippen molar-refractivity contribution in [2.24, 2.45) is 0 Å². The molecule has 2 N–H and O–H groups in total. The van der Waals surface area contributed by atoms with Gasteiger partial charge in [0.1, 0.15) is 0 Å². The van der Waals surface area contributed by atoms with Crippen molar-refractivity contribution in [1.82, 2.24) is 0 Å². The molecule has 1 aromatic heterocycles. The summed E-state index contributed by atoms with van der Waals surface area (Å²) in [5.41, 5.74) is 10.6. The number of nitrogens with zero attached hydrogens (tertiary/aromatic N) is 1. The predicted octanol–water partition coefficient (Wildman–Crippen LogP) is 4.35. The molecular weight excluding hydrogens is 308 g/mol. The van der Waals surface area contributed by atoms with E-state index in [9.17, 15) is 0 Å². The topological polar surface area (TPSA) is 29.3 Å². The molecule has 2 nitrogen and oxygen atoms in total. The number of aryl methyl sites for hydroxylation is 2. The molecule has 0 saturated carbocycles. The first-order valence-electron chi connectivity index (χ1n) is 5.79. The number of thiophene rings is 1. The molecule has 0 aliphatic carbocycles. The fourth-order valence-corrected chi connectivity index (χ4v) is 3.45. The molecule has 0 unspecified atom stereocenters. The number of hydrogen-bond acceptors (Lipinski definition) is 3. The van der Waals surface area contributed by atoms with Gasteiger partial charge in [0.25, 0.3) is 0 Å². The summed E-state index contributed by atoms with van der Waals surface area (Å²) in [5.74, 6) is 0. The van der Waals surface area contributed by atoms with Gasteiger partial charge in [-0.1, -0.05) is 0 Å². The third-order valence-corrected chi connectivity index (χ3v) is 4.68. The van der Waals surface area contributed by atoms with Crippen molar-refractivity contribution in [2.75, 3.05) is 17.7 Å². The van der Waals surface area contributed by atoms with Crippen LogP contribution < -0.4 is 10.6 Å². The van der Waals surface area contributed by atoms with Crippen LogP contribution in [0.1, 0.15) is 16.0 Å². The molecular formula is C14H17BrN2S. The van der Waals surface area contributed by atoms with Crippen molar-refractivity contribution < 1.29 is 0 Å². The maximum absolute atomic E-state index is 6.10. The van der Waals surface area contributed by atoms with Gasteiger partial charge >= 0.3 is 0 Å². The zero-order valence-electron chi connectivity index (χ0n) is 10.8. The minimum atomic E-state index is 0.844. The Hall–Kier alpha value is -1.00. The molecule has 0 aliphatic rings. The van der Waals surface area contributed by atoms with E-state index < -0.39 is 0 Å². The van der Waals surface area contributed by atoms with Crippen LogP contribution in [0.3, 0.4) is 0 Å². The summed E-state index contributed by atoms with van der Waals surface area (Å²) in [6.45, 7) is 5.09. The maximum Gasteiger partial charge on any atom is 0.0702 e. The van der Waals surface area contributed by atoms with Crippen LogP contribution in [0.25, 0.3) is 0 Å². The van der Waals surface area contributed by atoms with Crippen molar-refractivity contribution in [3.05, 3.63) is 44.1 Å². The summed E-state index contributed by atoms with van der Waals surface area (Å²) in [6.07, 6.45) is 0. The molecule has 0 spiro atoms. The Morgan fingerprint density at radius 1 is 1.22 bits per heavy atom. The molecule has 0 bridgehead atoms. The maximum atomic E-state index is 6.10. The van der Waals surface area contributed by atoms with Crippen molar-refractivity contribution >= 4 is 38.6 Å². The lowest BCUT2D eigenvalue weighted by Crippen LogP contribution is -2.17. The number of benzene rings is 1. The zero-order valence-corrected chi connectivity index (χ0v) is 13.2. The summed E-state index contributed by atoms with van der Waals surface area (Å²) >= 11 is 5.25. The molecule has 1 aromatic carbocycles. The third-order valence-electron chi connectivity index (χ3n) is 3.08. The first-order chi connectivity index (χ1) is 8.47. The van der Waals surface area contributed by atoms with Crippen LogP contribution in [-0.2, 0) is 6.54 Å². The van der Waals surface area contributed by atoms with Gasteiger partial charge in [0.15, 0.2) is 0 Å². The van der Waals surface area contributed by atoms with Crippen LogP contribution in [0.5, 0.6) is 0 Å². The largest absolute Gasteiger partial charge is 0.397 e. The molecule has 0 radical (unpaired) electrons. The van der Waals surface area contributed by atoms with Gasteiger partial charge in [-0.2, -0.15) is 0 Å². The standard InChI is InChI=1S/C14H17BrN2S/c1-9-6-12(16)13(7-10(9)2)17(3)8-11-4-5-14(15)18-11/h4-7H,8,16H2,1-3H3. The van der Waals surface area contributed by atoms with Gasteiger partial charge in [0, 0.05) is 11.9 Å². The predicted molar refractivity (Wildman–Crippen MR) is 84.5 cm³/mol. The van der Waals surface area contributed by atoms with Gasteiger partial charge in [-0.05, 0) is 65.2 Å². The molecule has 2 rings (SSSR count). The van der Waals surface area contributed by atoms with Crippen molar-refractivity contribution in [1.29, 1.82) is 0 Å². The number of halogens is 1. The second kappa shape index (κ2) is 5.33.